The number of hydrogen-bond acceptors (Lipinski definition) is 5. The number of carbonyl (C=O) groups excluding carboxylic acids is 1. The van der Waals surface area contributed by atoms with Crippen molar-refractivity contribution in [1.82, 2.24) is 0 Å². The number of aryl methyl sites for hydroxylation is 1. The summed E-state index contributed by atoms with van der Waals surface area (Å²) in [6.45, 7) is 4.25. The maximum Gasteiger partial charge on any atom is 0.336 e. The van der Waals surface area contributed by atoms with E-state index in [-0.39, 0.29) is 19.5 Å². The molecule has 0 N–H and O–H groups in total. The van der Waals surface area contributed by atoms with Crippen molar-refractivity contribution in [3.63, 3.8) is 0 Å². The molecule has 0 saturated carbocycles. The van der Waals surface area contributed by atoms with E-state index >= 15 is 0 Å². The minimum atomic E-state index is -1.40. The molecule has 0 atom stereocenters. The predicted molar refractivity (Wildman–Crippen MR) is 94.0 cm³/mol. The minimum Gasteiger partial charge on any atom is -0.425 e. The molecule has 136 valence electrons. The lowest BCUT2D eigenvalue weighted by molar-refractivity contribution is -0.223. The van der Waals surface area contributed by atoms with E-state index < -0.39 is 11.4 Å². The molecule has 2 rings (SSSR count). The molecule has 1 saturated heterocycles. The number of benzene rings is 1. The van der Waals surface area contributed by atoms with E-state index in [1.54, 1.807) is 12.1 Å². The molecule has 0 amide bonds. The highest BCUT2D eigenvalue weighted by molar-refractivity contribution is 5.82. The first-order valence-electron chi connectivity index (χ1n) is 9.09. The fourth-order valence-electron chi connectivity index (χ4n) is 2.64. The third-order valence-electron chi connectivity index (χ3n) is 4.38. The Kier molecular flexibility index (Phi) is 7.42. The monoisotopic (exact) mass is 345 g/mol. The molecule has 1 aliphatic heterocycles. The molecule has 5 heteroatoms. The van der Waals surface area contributed by atoms with Gasteiger partial charge in [0, 0.05) is 0 Å². The zero-order valence-corrected chi connectivity index (χ0v) is 15.1. The van der Waals surface area contributed by atoms with Crippen LogP contribution in [0.4, 0.5) is 0 Å². The van der Waals surface area contributed by atoms with E-state index in [4.69, 9.17) is 14.2 Å². The maximum atomic E-state index is 12.5. The second-order valence-corrected chi connectivity index (χ2v) is 6.52. The van der Waals surface area contributed by atoms with Crippen LogP contribution in [0.25, 0.3) is 0 Å². The van der Waals surface area contributed by atoms with Crippen LogP contribution < -0.4 is 4.74 Å². The van der Waals surface area contributed by atoms with Crippen LogP contribution in [0.15, 0.2) is 24.3 Å². The number of rotatable bonds is 8. The molecule has 0 spiro atoms. The molecular weight excluding hydrogens is 318 g/mol. The molecule has 0 aliphatic carbocycles. The Morgan fingerprint density at radius 1 is 1.20 bits per heavy atom. The third kappa shape index (κ3) is 5.29. The highest BCUT2D eigenvalue weighted by Crippen LogP contribution is 2.28. The highest BCUT2D eigenvalue weighted by Gasteiger charge is 2.46. The lowest BCUT2D eigenvalue weighted by Crippen LogP contribution is -2.48. The van der Waals surface area contributed by atoms with E-state index in [0.717, 1.165) is 38.5 Å². The van der Waals surface area contributed by atoms with Gasteiger partial charge >= 0.3 is 5.97 Å². The Hall–Kier alpha value is -1.90. The zero-order chi connectivity index (χ0) is 18.1. The summed E-state index contributed by atoms with van der Waals surface area (Å²) >= 11 is 0. The van der Waals surface area contributed by atoms with E-state index in [0.29, 0.717) is 5.75 Å². The van der Waals surface area contributed by atoms with Crippen LogP contribution in [0.5, 0.6) is 5.75 Å². The van der Waals surface area contributed by atoms with Gasteiger partial charge in [-0.2, -0.15) is 5.26 Å². The van der Waals surface area contributed by atoms with Gasteiger partial charge in [0.15, 0.2) is 6.29 Å². The van der Waals surface area contributed by atoms with Crippen molar-refractivity contribution < 1.29 is 19.0 Å². The molecule has 0 unspecified atom stereocenters. The molecule has 1 fully saturated rings. The van der Waals surface area contributed by atoms with Crippen LogP contribution in [0.3, 0.4) is 0 Å². The van der Waals surface area contributed by atoms with E-state index in [1.165, 1.54) is 5.56 Å². The summed E-state index contributed by atoms with van der Waals surface area (Å²) in [5, 5.41) is 9.48. The first-order valence-corrected chi connectivity index (χ1v) is 9.09. The van der Waals surface area contributed by atoms with Gasteiger partial charge in [0.2, 0.25) is 5.41 Å². The summed E-state index contributed by atoms with van der Waals surface area (Å²) in [6, 6.07) is 9.46. The zero-order valence-electron chi connectivity index (χ0n) is 15.1. The minimum absolute atomic E-state index is 0.00526. The van der Waals surface area contributed by atoms with Gasteiger partial charge in [0.1, 0.15) is 5.75 Å². The summed E-state index contributed by atoms with van der Waals surface area (Å²) in [6.07, 6.45) is 5.74. The van der Waals surface area contributed by atoms with E-state index in [9.17, 15) is 10.1 Å². The van der Waals surface area contributed by atoms with Crippen LogP contribution in [0, 0.1) is 16.7 Å². The van der Waals surface area contributed by atoms with Crippen molar-refractivity contribution in [3.05, 3.63) is 29.8 Å². The lowest BCUT2D eigenvalue weighted by Gasteiger charge is -2.33. The van der Waals surface area contributed by atoms with Crippen molar-refractivity contribution >= 4 is 5.97 Å². The third-order valence-corrected chi connectivity index (χ3v) is 4.38. The lowest BCUT2D eigenvalue weighted by atomic mass is 9.91. The Balaban J connectivity index is 1.93. The van der Waals surface area contributed by atoms with Gasteiger partial charge in [-0.05, 0) is 43.4 Å². The molecule has 1 aromatic carbocycles. The maximum absolute atomic E-state index is 12.5. The number of nitriles is 1. The molecular formula is C20H27NO4. The number of nitrogens with zero attached hydrogens (tertiary/aromatic N) is 1. The van der Waals surface area contributed by atoms with Gasteiger partial charge in [-0.3, -0.25) is 0 Å². The van der Waals surface area contributed by atoms with Crippen LogP contribution in [-0.2, 0) is 20.7 Å². The van der Waals surface area contributed by atoms with Crippen LogP contribution >= 0.6 is 0 Å². The van der Waals surface area contributed by atoms with Crippen molar-refractivity contribution in [3.8, 4) is 11.8 Å². The number of esters is 1. The van der Waals surface area contributed by atoms with Gasteiger partial charge in [0.25, 0.3) is 0 Å². The average Bonchev–Trinajstić information content (AvgIpc) is 2.66. The topological polar surface area (TPSA) is 68.6 Å². The fraction of sp³-hybridized carbons (Fsp3) is 0.600. The van der Waals surface area contributed by atoms with Gasteiger partial charge in [0.05, 0.1) is 19.3 Å². The smallest absolute Gasteiger partial charge is 0.336 e. The first-order chi connectivity index (χ1) is 12.1. The Morgan fingerprint density at radius 2 is 1.84 bits per heavy atom. The van der Waals surface area contributed by atoms with Crippen molar-refractivity contribution in [2.45, 2.75) is 58.7 Å². The number of carbonyl (C=O) groups is 1. The summed E-state index contributed by atoms with van der Waals surface area (Å²) < 4.78 is 16.5. The summed E-state index contributed by atoms with van der Waals surface area (Å²) in [7, 11) is 0. The van der Waals surface area contributed by atoms with Crippen LogP contribution in [-0.4, -0.2) is 25.5 Å². The molecule has 1 aliphatic rings. The Morgan fingerprint density at radius 3 is 2.40 bits per heavy atom. The molecule has 0 radical (unpaired) electrons. The van der Waals surface area contributed by atoms with Crippen molar-refractivity contribution in [2.24, 2.45) is 5.41 Å². The average molecular weight is 345 g/mol. The fourth-order valence-corrected chi connectivity index (χ4v) is 2.64. The first kappa shape index (κ1) is 19.4. The van der Waals surface area contributed by atoms with Gasteiger partial charge in [-0.15, -0.1) is 0 Å². The molecule has 1 heterocycles. The summed E-state index contributed by atoms with van der Waals surface area (Å²) in [5.41, 5.74) is -0.191. The SMILES string of the molecule is CCCCc1ccc(OC(=O)[C@]2(C#N)CO[C@H](CCCC)OC2)cc1. The predicted octanol–water partition coefficient (Wildman–Crippen LogP) is 4.01. The van der Waals surface area contributed by atoms with Crippen molar-refractivity contribution in [1.29, 1.82) is 5.26 Å². The molecule has 0 aromatic heterocycles. The Labute approximate surface area is 149 Å². The number of unbranched alkanes of at least 4 members (excludes halogenated alkanes) is 2. The van der Waals surface area contributed by atoms with E-state index in [2.05, 4.69) is 13.8 Å². The number of ether oxygens (including phenoxy) is 3. The number of hydrogen-bond donors (Lipinski definition) is 0. The summed E-state index contributed by atoms with van der Waals surface area (Å²) in [4.78, 5) is 12.5. The normalized spacial score (nSPS) is 23.0. The van der Waals surface area contributed by atoms with Gasteiger partial charge < -0.3 is 14.2 Å². The molecule has 0 bridgehead atoms. The molecule has 5 nitrogen and oxygen atoms in total. The van der Waals surface area contributed by atoms with Gasteiger partial charge in [-0.1, -0.05) is 38.8 Å². The van der Waals surface area contributed by atoms with E-state index in [1.807, 2.05) is 18.2 Å². The summed E-state index contributed by atoms with van der Waals surface area (Å²) in [5.74, 6) is -0.182. The Bertz CT molecular complexity index is 583. The standard InChI is InChI=1S/C20H27NO4/c1-3-5-7-16-9-11-17(12-10-16)25-19(22)20(13-21)14-23-18(24-15-20)8-6-4-2/h9-12,18H,3-8,14-15H2,1-2H3/t18-,20+. The second-order valence-electron chi connectivity index (χ2n) is 6.52. The molecule has 25 heavy (non-hydrogen) atoms. The second kappa shape index (κ2) is 9.55. The highest BCUT2D eigenvalue weighted by atomic mass is 16.7. The van der Waals surface area contributed by atoms with Crippen LogP contribution in [0.2, 0.25) is 0 Å². The molecule has 1 aromatic rings. The van der Waals surface area contributed by atoms with Crippen LogP contribution in [0.1, 0.15) is 51.5 Å². The van der Waals surface area contributed by atoms with Crippen molar-refractivity contribution in [2.75, 3.05) is 13.2 Å². The quantitative estimate of drug-likeness (QED) is 0.526. The largest absolute Gasteiger partial charge is 0.425 e. The van der Waals surface area contributed by atoms with Gasteiger partial charge in [-0.25, -0.2) is 4.79 Å².